The lowest BCUT2D eigenvalue weighted by Gasteiger charge is -2.22. The van der Waals surface area contributed by atoms with Crippen LogP contribution in [0, 0.1) is 5.92 Å². The van der Waals surface area contributed by atoms with E-state index in [4.69, 9.17) is 4.99 Å². The minimum atomic E-state index is 0. The van der Waals surface area contributed by atoms with Crippen LogP contribution in [0.5, 0.6) is 0 Å². The molecule has 1 aromatic rings. The summed E-state index contributed by atoms with van der Waals surface area (Å²) in [6.07, 6.45) is 7.55. The molecule has 5 nitrogen and oxygen atoms in total. The van der Waals surface area contributed by atoms with Gasteiger partial charge < -0.3 is 15.5 Å². The fourth-order valence-corrected chi connectivity index (χ4v) is 4.20. The number of hydrogen-bond donors (Lipinski definition) is 2. The predicted molar refractivity (Wildman–Crippen MR) is 126 cm³/mol. The molecular formula is C22H35IN4O. The van der Waals surface area contributed by atoms with Crippen molar-refractivity contribution in [2.75, 3.05) is 26.2 Å². The Balaban J connectivity index is 0.00000280. The van der Waals surface area contributed by atoms with Gasteiger partial charge in [-0.1, -0.05) is 43.2 Å². The number of likely N-dealkylation sites (tertiary alicyclic amines) is 1. The molecule has 2 aliphatic rings. The van der Waals surface area contributed by atoms with Gasteiger partial charge in [-0.2, -0.15) is 0 Å². The average molecular weight is 498 g/mol. The average Bonchev–Trinajstić information content (AvgIpc) is 3.34. The van der Waals surface area contributed by atoms with Gasteiger partial charge in [0.05, 0.1) is 6.54 Å². The number of carbonyl (C=O) groups is 1. The third-order valence-electron chi connectivity index (χ3n) is 5.61. The number of nitrogens with one attached hydrogen (secondary N) is 2. The van der Waals surface area contributed by atoms with Gasteiger partial charge in [-0.05, 0) is 44.1 Å². The maximum atomic E-state index is 12.1. The molecule has 1 saturated heterocycles. The van der Waals surface area contributed by atoms with Crippen LogP contribution in [0.1, 0.15) is 51.0 Å². The van der Waals surface area contributed by atoms with Gasteiger partial charge in [-0.15, -0.1) is 24.0 Å². The molecule has 0 bridgehead atoms. The van der Waals surface area contributed by atoms with Crippen LogP contribution in [-0.2, 0) is 11.2 Å². The predicted octanol–water partition coefficient (Wildman–Crippen LogP) is 3.58. The summed E-state index contributed by atoms with van der Waals surface area (Å²) in [5.74, 6) is 1.77. The maximum absolute atomic E-state index is 12.1. The van der Waals surface area contributed by atoms with Gasteiger partial charge in [-0.3, -0.25) is 9.79 Å². The molecule has 1 heterocycles. The standard InChI is InChI=1S/C22H34N4O.HI/c1-2-23-22(24-14-12-21(27)25-20-10-6-7-11-20)26-15-13-19(17-26)16-18-8-4-3-5-9-18;/h3-5,8-9,19-20H,2,6-7,10-17H2,1H3,(H,23,24)(H,25,27);1H. The van der Waals surface area contributed by atoms with Crippen molar-refractivity contribution < 1.29 is 4.79 Å². The lowest BCUT2D eigenvalue weighted by Crippen LogP contribution is -2.40. The molecule has 3 rings (SSSR count). The molecule has 2 fully saturated rings. The number of nitrogens with zero attached hydrogens (tertiary/aromatic N) is 2. The highest BCUT2D eigenvalue weighted by Gasteiger charge is 2.25. The Bertz CT molecular complexity index is 616. The first kappa shape index (κ1) is 23.0. The van der Waals surface area contributed by atoms with E-state index in [2.05, 4.69) is 52.8 Å². The molecule has 1 saturated carbocycles. The number of hydrogen-bond acceptors (Lipinski definition) is 2. The Morgan fingerprint density at radius 3 is 2.64 bits per heavy atom. The summed E-state index contributed by atoms with van der Waals surface area (Å²) in [5, 5.41) is 6.55. The van der Waals surface area contributed by atoms with Crippen LogP contribution in [0.2, 0.25) is 0 Å². The van der Waals surface area contributed by atoms with Gasteiger partial charge in [0.25, 0.3) is 0 Å². The van der Waals surface area contributed by atoms with Crippen molar-refractivity contribution in [3.63, 3.8) is 0 Å². The molecule has 1 atom stereocenters. The van der Waals surface area contributed by atoms with Crippen molar-refractivity contribution in [2.24, 2.45) is 10.9 Å². The molecule has 2 N–H and O–H groups in total. The molecule has 0 spiro atoms. The zero-order valence-electron chi connectivity index (χ0n) is 17.0. The van der Waals surface area contributed by atoms with Crippen molar-refractivity contribution in [2.45, 2.75) is 57.9 Å². The van der Waals surface area contributed by atoms with Gasteiger partial charge in [-0.25, -0.2) is 0 Å². The Morgan fingerprint density at radius 2 is 1.93 bits per heavy atom. The first-order chi connectivity index (χ1) is 13.2. The van der Waals surface area contributed by atoms with E-state index < -0.39 is 0 Å². The molecular weight excluding hydrogens is 463 g/mol. The summed E-state index contributed by atoms with van der Waals surface area (Å²) in [6, 6.07) is 11.1. The monoisotopic (exact) mass is 498 g/mol. The van der Waals surface area contributed by atoms with Crippen molar-refractivity contribution >= 4 is 35.8 Å². The van der Waals surface area contributed by atoms with Gasteiger partial charge >= 0.3 is 0 Å². The van der Waals surface area contributed by atoms with Gasteiger partial charge in [0.2, 0.25) is 5.91 Å². The molecule has 1 aliphatic heterocycles. The maximum Gasteiger partial charge on any atom is 0.222 e. The highest BCUT2D eigenvalue weighted by molar-refractivity contribution is 14.0. The fraction of sp³-hybridized carbons (Fsp3) is 0.636. The van der Waals surface area contributed by atoms with Gasteiger partial charge in [0.15, 0.2) is 5.96 Å². The molecule has 0 radical (unpaired) electrons. The highest BCUT2D eigenvalue weighted by atomic mass is 127. The quantitative estimate of drug-likeness (QED) is 0.343. The molecule has 1 unspecified atom stereocenters. The van der Waals surface area contributed by atoms with E-state index in [1.807, 2.05) is 0 Å². The molecule has 6 heteroatoms. The summed E-state index contributed by atoms with van der Waals surface area (Å²) in [5.41, 5.74) is 1.41. The van der Waals surface area contributed by atoms with E-state index in [0.29, 0.717) is 24.9 Å². The third-order valence-corrected chi connectivity index (χ3v) is 5.61. The Kier molecular flexibility index (Phi) is 10.1. The normalized spacial score (nSPS) is 20.1. The molecule has 156 valence electrons. The van der Waals surface area contributed by atoms with Crippen molar-refractivity contribution in [3.05, 3.63) is 35.9 Å². The minimum absolute atomic E-state index is 0. The Labute approximate surface area is 186 Å². The van der Waals surface area contributed by atoms with Crippen LogP contribution in [0.4, 0.5) is 0 Å². The fourth-order valence-electron chi connectivity index (χ4n) is 4.20. The lowest BCUT2D eigenvalue weighted by atomic mass is 9.99. The summed E-state index contributed by atoms with van der Waals surface area (Å²) in [7, 11) is 0. The number of rotatable bonds is 7. The van der Waals surface area contributed by atoms with Crippen LogP contribution in [0.25, 0.3) is 0 Å². The van der Waals surface area contributed by atoms with Gasteiger partial charge in [0.1, 0.15) is 0 Å². The van der Waals surface area contributed by atoms with E-state index in [1.54, 1.807) is 0 Å². The highest BCUT2D eigenvalue weighted by Crippen LogP contribution is 2.21. The Hall–Kier alpha value is -1.31. The minimum Gasteiger partial charge on any atom is -0.357 e. The number of guanidine groups is 1. The molecule has 28 heavy (non-hydrogen) atoms. The van der Waals surface area contributed by atoms with Crippen molar-refractivity contribution in [1.29, 1.82) is 0 Å². The van der Waals surface area contributed by atoms with Crippen molar-refractivity contribution in [3.8, 4) is 0 Å². The summed E-state index contributed by atoms with van der Waals surface area (Å²) >= 11 is 0. The Morgan fingerprint density at radius 1 is 1.18 bits per heavy atom. The first-order valence-electron chi connectivity index (χ1n) is 10.6. The van der Waals surface area contributed by atoms with Crippen LogP contribution >= 0.6 is 24.0 Å². The zero-order valence-corrected chi connectivity index (χ0v) is 19.4. The summed E-state index contributed by atoms with van der Waals surface area (Å²) in [6.45, 7) is 5.58. The number of amides is 1. The topological polar surface area (TPSA) is 56.7 Å². The molecule has 1 aliphatic carbocycles. The molecule has 0 aromatic heterocycles. The second-order valence-electron chi connectivity index (χ2n) is 7.82. The number of halogens is 1. The van der Waals surface area contributed by atoms with Crippen LogP contribution in [0.3, 0.4) is 0 Å². The smallest absolute Gasteiger partial charge is 0.222 e. The van der Waals surface area contributed by atoms with Crippen LogP contribution in [-0.4, -0.2) is 49.0 Å². The van der Waals surface area contributed by atoms with Crippen LogP contribution in [0.15, 0.2) is 35.3 Å². The summed E-state index contributed by atoms with van der Waals surface area (Å²) < 4.78 is 0. The second-order valence-corrected chi connectivity index (χ2v) is 7.82. The largest absolute Gasteiger partial charge is 0.357 e. The van der Waals surface area contributed by atoms with Gasteiger partial charge in [0, 0.05) is 32.1 Å². The zero-order chi connectivity index (χ0) is 18.9. The van der Waals surface area contributed by atoms with E-state index in [9.17, 15) is 4.79 Å². The number of carbonyl (C=O) groups excluding carboxylic acids is 1. The summed E-state index contributed by atoms with van der Waals surface area (Å²) in [4.78, 5) is 19.2. The SMILES string of the molecule is CCNC(=NCCC(=O)NC1CCCC1)N1CCC(Cc2ccccc2)C1.I. The third kappa shape index (κ3) is 7.26. The second kappa shape index (κ2) is 12.3. The van der Waals surface area contributed by atoms with E-state index >= 15 is 0 Å². The number of benzene rings is 1. The van der Waals surface area contributed by atoms with E-state index in [0.717, 1.165) is 44.9 Å². The number of aliphatic imine (C=N–C) groups is 1. The van der Waals surface area contributed by atoms with E-state index in [-0.39, 0.29) is 29.9 Å². The lowest BCUT2D eigenvalue weighted by molar-refractivity contribution is -0.121. The molecule has 1 aromatic carbocycles. The van der Waals surface area contributed by atoms with E-state index in [1.165, 1.54) is 24.8 Å². The van der Waals surface area contributed by atoms with Crippen molar-refractivity contribution in [1.82, 2.24) is 15.5 Å². The first-order valence-corrected chi connectivity index (χ1v) is 10.6. The van der Waals surface area contributed by atoms with Crippen LogP contribution < -0.4 is 10.6 Å². The molecule has 1 amide bonds.